The fourth-order valence-corrected chi connectivity index (χ4v) is 2.66. The van der Waals surface area contributed by atoms with Gasteiger partial charge in [-0.25, -0.2) is 0 Å². The molecule has 0 saturated carbocycles. The number of hydrogen-bond acceptors (Lipinski definition) is 2. The number of benzene rings is 2. The Balaban J connectivity index is 1.78. The van der Waals surface area contributed by atoms with Crippen LogP contribution in [0.15, 0.2) is 54.6 Å². The van der Waals surface area contributed by atoms with Crippen LogP contribution in [-0.4, -0.2) is 37.5 Å². The van der Waals surface area contributed by atoms with E-state index in [4.69, 9.17) is 0 Å². The van der Waals surface area contributed by atoms with Gasteiger partial charge in [-0.2, -0.15) is 0 Å². The molecule has 1 N–H and O–H groups in total. The third-order valence-electron chi connectivity index (χ3n) is 4.34. The number of nitrogens with zero attached hydrogens (tertiary/aromatic N) is 1. The van der Waals surface area contributed by atoms with Crippen LogP contribution in [0, 0.1) is 6.92 Å². The first kappa shape index (κ1) is 18.2. The highest BCUT2D eigenvalue weighted by Crippen LogP contribution is 2.07. The summed E-state index contributed by atoms with van der Waals surface area (Å²) in [5, 5.41) is 3.09. The van der Waals surface area contributed by atoms with Crippen molar-refractivity contribution in [3.05, 3.63) is 71.3 Å². The van der Waals surface area contributed by atoms with Crippen molar-refractivity contribution in [2.45, 2.75) is 32.2 Å². The largest absolute Gasteiger partial charge is 0.355 e. The second-order valence-electron chi connectivity index (χ2n) is 6.60. The van der Waals surface area contributed by atoms with Gasteiger partial charge in [-0.15, -0.1) is 0 Å². The van der Waals surface area contributed by atoms with E-state index >= 15 is 0 Å². The maximum absolute atomic E-state index is 12.1. The summed E-state index contributed by atoms with van der Waals surface area (Å²) in [6, 6.07) is 19.1. The molecule has 3 nitrogen and oxygen atoms in total. The van der Waals surface area contributed by atoms with Crippen LogP contribution in [0.1, 0.15) is 23.1 Å². The second-order valence-corrected chi connectivity index (χ2v) is 6.60. The number of carbonyl (C=O) groups is 1. The van der Waals surface area contributed by atoms with E-state index in [1.54, 1.807) is 0 Å². The van der Waals surface area contributed by atoms with Crippen LogP contribution in [0.25, 0.3) is 0 Å². The van der Waals surface area contributed by atoms with Gasteiger partial charge >= 0.3 is 0 Å². The van der Waals surface area contributed by atoms with Gasteiger partial charge in [0, 0.05) is 19.0 Å². The first-order chi connectivity index (χ1) is 11.5. The minimum atomic E-state index is 0.121. The van der Waals surface area contributed by atoms with Crippen molar-refractivity contribution in [2.75, 3.05) is 20.6 Å². The molecule has 0 aliphatic heterocycles. The third kappa shape index (κ3) is 6.17. The molecule has 0 radical (unpaired) electrons. The summed E-state index contributed by atoms with van der Waals surface area (Å²) in [5.74, 6) is 0.121. The van der Waals surface area contributed by atoms with Gasteiger partial charge in [-0.3, -0.25) is 4.79 Å². The molecule has 0 bridgehead atoms. The quantitative estimate of drug-likeness (QED) is 0.808. The zero-order chi connectivity index (χ0) is 17.4. The molecule has 24 heavy (non-hydrogen) atoms. The Hall–Kier alpha value is -2.13. The highest BCUT2D eigenvalue weighted by atomic mass is 16.1. The maximum Gasteiger partial charge on any atom is 0.220 e. The summed E-state index contributed by atoms with van der Waals surface area (Å²) in [7, 11) is 4.12. The first-order valence-corrected chi connectivity index (χ1v) is 8.57. The Morgan fingerprint density at radius 3 is 2.29 bits per heavy atom. The van der Waals surface area contributed by atoms with Gasteiger partial charge in [0.05, 0.1) is 0 Å². The number of hydrogen-bond donors (Lipinski definition) is 1. The maximum atomic E-state index is 12.1. The summed E-state index contributed by atoms with van der Waals surface area (Å²) in [6.07, 6.45) is 2.26. The topological polar surface area (TPSA) is 32.3 Å². The second kappa shape index (κ2) is 9.24. The lowest BCUT2D eigenvalue weighted by Crippen LogP contribution is -2.41. The predicted octanol–water partition coefficient (Wildman–Crippen LogP) is 3.22. The number of carbonyl (C=O) groups excluding carboxylic acids is 1. The lowest BCUT2D eigenvalue weighted by Gasteiger charge is -2.24. The summed E-state index contributed by atoms with van der Waals surface area (Å²) < 4.78 is 0. The third-order valence-corrected chi connectivity index (χ3v) is 4.34. The molecular weight excluding hydrogens is 296 g/mol. The van der Waals surface area contributed by atoms with Gasteiger partial charge < -0.3 is 10.2 Å². The van der Waals surface area contributed by atoms with Crippen molar-refractivity contribution in [3.63, 3.8) is 0 Å². The molecule has 128 valence electrons. The van der Waals surface area contributed by atoms with E-state index in [0.29, 0.717) is 19.0 Å². The van der Waals surface area contributed by atoms with Crippen LogP contribution in [0.4, 0.5) is 0 Å². The molecule has 0 saturated heterocycles. The zero-order valence-electron chi connectivity index (χ0n) is 15.0. The fourth-order valence-electron chi connectivity index (χ4n) is 2.66. The SMILES string of the molecule is Cc1ccc(CCC(=O)NCC(Cc2ccccc2)N(C)C)cc1. The van der Waals surface area contributed by atoms with Gasteiger partial charge in [0.1, 0.15) is 0 Å². The molecule has 0 fully saturated rings. The van der Waals surface area contributed by atoms with E-state index in [2.05, 4.69) is 79.8 Å². The van der Waals surface area contributed by atoms with Crippen molar-refractivity contribution in [3.8, 4) is 0 Å². The monoisotopic (exact) mass is 324 g/mol. The molecule has 2 aromatic carbocycles. The van der Waals surface area contributed by atoms with Crippen molar-refractivity contribution < 1.29 is 4.79 Å². The van der Waals surface area contributed by atoms with Gasteiger partial charge in [0.2, 0.25) is 5.91 Å². The van der Waals surface area contributed by atoms with Crippen LogP contribution >= 0.6 is 0 Å². The molecule has 0 aromatic heterocycles. The molecule has 1 amide bonds. The Morgan fingerprint density at radius 1 is 1.00 bits per heavy atom. The van der Waals surface area contributed by atoms with E-state index < -0.39 is 0 Å². The smallest absolute Gasteiger partial charge is 0.220 e. The van der Waals surface area contributed by atoms with Crippen LogP contribution in [0.5, 0.6) is 0 Å². The van der Waals surface area contributed by atoms with E-state index in [0.717, 1.165) is 12.8 Å². The molecule has 1 unspecified atom stereocenters. The number of nitrogens with one attached hydrogen (secondary N) is 1. The molecular formula is C21H28N2O. The molecule has 0 aliphatic rings. The highest BCUT2D eigenvalue weighted by molar-refractivity contribution is 5.76. The van der Waals surface area contributed by atoms with Crippen molar-refractivity contribution in [2.24, 2.45) is 0 Å². The van der Waals surface area contributed by atoms with Crippen molar-refractivity contribution >= 4 is 5.91 Å². The minimum absolute atomic E-state index is 0.121. The minimum Gasteiger partial charge on any atom is -0.355 e. The Bertz CT molecular complexity index is 620. The van der Waals surface area contributed by atoms with E-state index in [1.807, 2.05) is 6.07 Å². The number of likely N-dealkylation sites (N-methyl/N-ethyl adjacent to an activating group) is 1. The average Bonchev–Trinajstić information content (AvgIpc) is 2.58. The number of rotatable bonds is 8. The lowest BCUT2D eigenvalue weighted by molar-refractivity contribution is -0.121. The Labute approximate surface area is 145 Å². The predicted molar refractivity (Wildman–Crippen MR) is 100 cm³/mol. The first-order valence-electron chi connectivity index (χ1n) is 8.57. The van der Waals surface area contributed by atoms with E-state index in [1.165, 1.54) is 16.7 Å². The summed E-state index contributed by atoms with van der Waals surface area (Å²) in [5.41, 5.74) is 3.76. The van der Waals surface area contributed by atoms with Crippen LogP contribution < -0.4 is 5.32 Å². The number of aryl methyl sites for hydroxylation is 2. The van der Waals surface area contributed by atoms with Crippen molar-refractivity contribution in [1.82, 2.24) is 10.2 Å². The number of amides is 1. The van der Waals surface area contributed by atoms with Crippen LogP contribution in [0.2, 0.25) is 0 Å². The molecule has 0 spiro atoms. The van der Waals surface area contributed by atoms with Gasteiger partial charge in [-0.05, 0) is 45.0 Å². The fraction of sp³-hybridized carbons (Fsp3) is 0.381. The lowest BCUT2D eigenvalue weighted by atomic mass is 10.0. The zero-order valence-corrected chi connectivity index (χ0v) is 15.0. The molecule has 0 aliphatic carbocycles. The average molecular weight is 324 g/mol. The van der Waals surface area contributed by atoms with Gasteiger partial charge in [-0.1, -0.05) is 60.2 Å². The van der Waals surface area contributed by atoms with E-state index in [-0.39, 0.29) is 5.91 Å². The van der Waals surface area contributed by atoms with Gasteiger partial charge in [0.25, 0.3) is 0 Å². The summed E-state index contributed by atoms with van der Waals surface area (Å²) in [4.78, 5) is 14.3. The summed E-state index contributed by atoms with van der Waals surface area (Å²) >= 11 is 0. The van der Waals surface area contributed by atoms with Crippen LogP contribution in [-0.2, 0) is 17.6 Å². The Morgan fingerprint density at radius 2 is 1.67 bits per heavy atom. The van der Waals surface area contributed by atoms with Crippen molar-refractivity contribution in [1.29, 1.82) is 0 Å². The Kier molecular flexibility index (Phi) is 7.01. The standard InChI is InChI=1S/C21H28N2O/c1-17-9-11-18(12-10-17)13-14-21(24)22-16-20(23(2)3)15-19-7-5-4-6-8-19/h4-12,20H,13-16H2,1-3H3,(H,22,24). The van der Waals surface area contributed by atoms with Gasteiger partial charge in [0.15, 0.2) is 0 Å². The summed E-state index contributed by atoms with van der Waals surface area (Å²) in [6.45, 7) is 2.75. The van der Waals surface area contributed by atoms with E-state index in [9.17, 15) is 4.79 Å². The molecule has 0 heterocycles. The molecule has 2 rings (SSSR count). The normalized spacial score (nSPS) is 12.2. The highest BCUT2D eigenvalue weighted by Gasteiger charge is 2.13. The molecule has 3 heteroatoms. The molecule has 2 aromatic rings. The molecule has 1 atom stereocenters. The van der Waals surface area contributed by atoms with Crippen LogP contribution in [0.3, 0.4) is 0 Å².